The van der Waals surface area contributed by atoms with Crippen molar-refractivity contribution in [2.45, 2.75) is 12.5 Å². The SMILES string of the molecule is C[C@@]1(c2ccco2)NC(=O)N(CC(=O)Nc2ccccc2C(=O)Nc2ccc(F)cc2)C1=O. The van der Waals surface area contributed by atoms with Crippen LogP contribution >= 0.6 is 0 Å². The van der Waals surface area contributed by atoms with Gasteiger partial charge in [-0.3, -0.25) is 19.3 Å². The quantitative estimate of drug-likeness (QED) is 0.499. The molecule has 1 saturated heterocycles. The van der Waals surface area contributed by atoms with Crippen LogP contribution in [0.4, 0.5) is 20.6 Å². The van der Waals surface area contributed by atoms with Gasteiger partial charge in [0.15, 0.2) is 5.54 Å². The molecule has 168 valence electrons. The van der Waals surface area contributed by atoms with E-state index in [4.69, 9.17) is 4.42 Å². The molecule has 3 aromatic rings. The fraction of sp³-hybridized carbons (Fsp3) is 0.130. The maximum Gasteiger partial charge on any atom is 0.325 e. The second-order valence-corrected chi connectivity index (χ2v) is 7.48. The molecule has 0 aliphatic carbocycles. The van der Waals surface area contributed by atoms with E-state index < -0.39 is 41.7 Å². The number of amides is 5. The number of benzene rings is 2. The number of imide groups is 1. The maximum atomic E-state index is 13.1. The minimum Gasteiger partial charge on any atom is -0.466 e. The molecule has 0 spiro atoms. The summed E-state index contributed by atoms with van der Waals surface area (Å²) in [5.41, 5.74) is -0.719. The third-order valence-electron chi connectivity index (χ3n) is 5.14. The molecule has 4 rings (SSSR count). The van der Waals surface area contributed by atoms with Crippen molar-refractivity contribution >= 4 is 35.1 Å². The van der Waals surface area contributed by atoms with E-state index in [2.05, 4.69) is 16.0 Å². The van der Waals surface area contributed by atoms with Crippen molar-refractivity contribution in [3.63, 3.8) is 0 Å². The molecular weight excluding hydrogens is 431 g/mol. The molecule has 0 bridgehead atoms. The Bertz CT molecular complexity index is 1230. The van der Waals surface area contributed by atoms with Crippen LogP contribution in [0.15, 0.2) is 71.3 Å². The normalized spacial score (nSPS) is 17.6. The van der Waals surface area contributed by atoms with Crippen molar-refractivity contribution < 1.29 is 28.0 Å². The predicted molar refractivity (Wildman–Crippen MR) is 116 cm³/mol. The number of rotatable bonds is 6. The van der Waals surface area contributed by atoms with Crippen LogP contribution in [0.5, 0.6) is 0 Å². The first kappa shape index (κ1) is 21.8. The van der Waals surface area contributed by atoms with E-state index in [-0.39, 0.29) is 17.0 Å². The van der Waals surface area contributed by atoms with Gasteiger partial charge in [0.2, 0.25) is 5.91 Å². The summed E-state index contributed by atoms with van der Waals surface area (Å²) in [7, 11) is 0. The highest BCUT2D eigenvalue weighted by molar-refractivity contribution is 6.12. The molecule has 0 radical (unpaired) electrons. The smallest absolute Gasteiger partial charge is 0.325 e. The van der Waals surface area contributed by atoms with Crippen LogP contribution < -0.4 is 16.0 Å². The number of halogens is 1. The standard InChI is InChI=1S/C23H19FN4O5/c1-23(18-7-4-12-33-18)21(31)28(22(32)27-23)13-19(29)26-17-6-3-2-5-16(17)20(30)25-15-10-8-14(24)9-11-15/h2-12H,13H2,1H3,(H,25,30)(H,26,29)(H,27,32)/t23-/m0/s1. The number of nitrogens with zero attached hydrogens (tertiary/aromatic N) is 1. The zero-order chi connectivity index (χ0) is 23.6. The van der Waals surface area contributed by atoms with Crippen LogP contribution in [0.2, 0.25) is 0 Å². The third kappa shape index (κ3) is 4.31. The lowest BCUT2D eigenvalue weighted by molar-refractivity contribution is -0.134. The number of hydrogen-bond acceptors (Lipinski definition) is 5. The molecule has 0 unspecified atom stereocenters. The van der Waals surface area contributed by atoms with Gasteiger partial charge in [-0.2, -0.15) is 0 Å². The average Bonchev–Trinajstić information content (AvgIpc) is 3.40. The number of carbonyl (C=O) groups is 4. The van der Waals surface area contributed by atoms with Crippen LogP contribution in [0, 0.1) is 5.82 Å². The molecule has 0 saturated carbocycles. The van der Waals surface area contributed by atoms with Gasteiger partial charge in [0.25, 0.3) is 11.8 Å². The van der Waals surface area contributed by atoms with E-state index >= 15 is 0 Å². The second kappa shape index (κ2) is 8.58. The topological polar surface area (TPSA) is 121 Å². The summed E-state index contributed by atoms with van der Waals surface area (Å²) in [6.45, 7) is 0.925. The highest BCUT2D eigenvalue weighted by Gasteiger charge is 2.51. The molecule has 9 nitrogen and oxygen atoms in total. The monoisotopic (exact) mass is 450 g/mol. The lowest BCUT2D eigenvalue weighted by atomic mass is 9.99. The van der Waals surface area contributed by atoms with Gasteiger partial charge in [-0.05, 0) is 55.5 Å². The summed E-state index contributed by atoms with van der Waals surface area (Å²) in [4.78, 5) is 51.3. The fourth-order valence-electron chi connectivity index (χ4n) is 3.43. The Morgan fingerprint density at radius 1 is 1.03 bits per heavy atom. The van der Waals surface area contributed by atoms with Crippen LogP contribution in [0.25, 0.3) is 0 Å². The largest absolute Gasteiger partial charge is 0.466 e. The zero-order valence-electron chi connectivity index (χ0n) is 17.4. The molecule has 33 heavy (non-hydrogen) atoms. The van der Waals surface area contributed by atoms with E-state index in [1.807, 2.05) is 0 Å². The van der Waals surface area contributed by atoms with Crippen molar-refractivity contribution in [2.24, 2.45) is 0 Å². The minimum absolute atomic E-state index is 0.146. The van der Waals surface area contributed by atoms with E-state index in [0.29, 0.717) is 5.69 Å². The lowest BCUT2D eigenvalue weighted by Gasteiger charge is -2.19. The van der Waals surface area contributed by atoms with Gasteiger partial charge in [0.1, 0.15) is 18.1 Å². The minimum atomic E-state index is -1.42. The van der Waals surface area contributed by atoms with Crippen molar-refractivity contribution in [3.8, 4) is 0 Å². The molecule has 10 heteroatoms. The first-order valence-electron chi connectivity index (χ1n) is 9.92. The van der Waals surface area contributed by atoms with Crippen LogP contribution in [0.1, 0.15) is 23.0 Å². The van der Waals surface area contributed by atoms with Crippen molar-refractivity contribution in [2.75, 3.05) is 17.2 Å². The number of para-hydroxylation sites is 1. The number of furan rings is 1. The van der Waals surface area contributed by atoms with Crippen LogP contribution in [-0.4, -0.2) is 35.2 Å². The molecule has 1 aromatic heterocycles. The van der Waals surface area contributed by atoms with E-state index in [0.717, 1.165) is 4.90 Å². The van der Waals surface area contributed by atoms with Gasteiger partial charge in [-0.15, -0.1) is 0 Å². The first-order chi connectivity index (χ1) is 15.8. The second-order valence-electron chi connectivity index (χ2n) is 7.48. The number of hydrogen-bond donors (Lipinski definition) is 3. The number of nitrogens with one attached hydrogen (secondary N) is 3. The van der Waals surface area contributed by atoms with Gasteiger partial charge >= 0.3 is 6.03 Å². The highest BCUT2D eigenvalue weighted by atomic mass is 19.1. The Labute approximate surface area is 187 Å². The summed E-state index contributed by atoms with van der Waals surface area (Å²) >= 11 is 0. The zero-order valence-corrected chi connectivity index (χ0v) is 17.4. The summed E-state index contributed by atoms with van der Waals surface area (Å²) < 4.78 is 18.3. The molecule has 5 amide bonds. The highest BCUT2D eigenvalue weighted by Crippen LogP contribution is 2.29. The van der Waals surface area contributed by atoms with Gasteiger partial charge in [-0.25, -0.2) is 9.18 Å². The lowest BCUT2D eigenvalue weighted by Crippen LogP contribution is -2.42. The van der Waals surface area contributed by atoms with E-state index in [1.54, 1.807) is 24.3 Å². The Morgan fingerprint density at radius 3 is 2.45 bits per heavy atom. The molecule has 1 aliphatic rings. The molecule has 2 aromatic carbocycles. The number of anilines is 2. The Morgan fingerprint density at radius 2 is 1.76 bits per heavy atom. The Kier molecular flexibility index (Phi) is 5.65. The summed E-state index contributed by atoms with van der Waals surface area (Å²) in [5.74, 6) is -2.04. The third-order valence-corrected chi connectivity index (χ3v) is 5.14. The predicted octanol–water partition coefficient (Wildman–Crippen LogP) is 3.08. The van der Waals surface area contributed by atoms with Gasteiger partial charge in [-0.1, -0.05) is 12.1 Å². The van der Waals surface area contributed by atoms with Gasteiger partial charge in [0, 0.05) is 5.69 Å². The van der Waals surface area contributed by atoms with E-state index in [1.165, 1.54) is 49.6 Å². The summed E-state index contributed by atoms with van der Waals surface area (Å²) in [5, 5.41) is 7.71. The van der Waals surface area contributed by atoms with Crippen molar-refractivity contribution in [1.82, 2.24) is 10.2 Å². The molecule has 2 heterocycles. The molecule has 1 aliphatic heterocycles. The maximum absolute atomic E-state index is 13.1. The number of urea groups is 1. The van der Waals surface area contributed by atoms with Crippen LogP contribution in [-0.2, 0) is 15.1 Å². The van der Waals surface area contributed by atoms with E-state index in [9.17, 15) is 23.6 Å². The van der Waals surface area contributed by atoms with Crippen LogP contribution in [0.3, 0.4) is 0 Å². The Hall–Kier alpha value is -4.47. The van der Waals surface area contributed by atoms with Gasteiger partial charge < -0.3 is 20.4 Å². The first-order valence-corrected chi connectivity index (χ1v) is 9.92. The van der Waals surface area contributed by atoms with Crippen molar-refractivity contribution in [3.05, 3.63) is 84.1 Å². The summed E-state index contributed by atoms with van der Waals surface area (Å²) in [6, 6.07) is 13.9. The summed E-state index contributed by atoms with van der Waals surface area (Å²) in [6.07, 6.45) is 1.38. The number of carbonyl (C=O) groups excluding carboxylic acids is 4. The van der Waals surface area contributed by atoms with Crippen molar-refractivity contribution in [1.29, 1.82) is 0 Å². The average molecular weight is 450 g/mol. The van der Waals surface area contributed by atoms with Gasteiger partial charge in [0.05, 0.1) is 17.5 Å². The Balaban J connectivity index is 1.46. The molecule has 1 fully saturated rings. The fourth-order valence-corrected chi connectivity index (χ4v) is 3.43. The molecule has 1 atom stereocenters. The molecule has 3 N–H and O–H groups in total. The molecular formula is C23H19FN4O5.